The number of halogens is 4. The average Bonchev–Trinajstić information content (AvgIpc) is 2.61. The van der Waals surface area contributed by atoms with Crippen molar-refractivity contribution in [1.82, 2.24) is 0 Å². The van der Waals surface area contributed by atoms with Crippen LogP contribution in [0.25, 0.3) is 0 Å². The first-order valence-electron chi connectivity index (χ1n) is 12.0. The summed E-state index contributed by atoms with van der Waals surface area (Å²) in [5.41, 5.74) is 2.39. The lowest BCUT2D eigenvalue weighted by atomic mass is 9.56. The van der Waals surface area contributed by atoms with Crippen LogP contribution in [0.5, 0.6) is 0 Å². The summed E-state index contributed by atoms with van der Waals surface area (Å²) in [6.45, 7) is 0. The molecule has 162 valence electrons. The molecule has 0 nitrogen and oxygen atoms in total. The molecule has 6 fully saturated rings. The summed E-state index contributed by atoms with van der Waals surface area (Å²) in [6, 6.07) is 0. The molecule has 0 radical (unpaired) electrons. The second-order valence-electron chi connectivity index (χ2n) is 10.6. The molecule has 0 N–H and O–H groups in total. The smallest absolute Gasteiger partial charge is 0.418 e. The molecule has 0 atom stereocenters. The quantitative estimate of drug-likeness (QED) is 0.245. The van der Waals surface area contributed by atoms with Gasteiger partial charge in [-0.2, -0.15) is 0 Å². The Labute approximate surface area is 169 Å². The molecule has 0 amide bonds. The van der Waals surface area contributed by atoms with Crippen molar-refractivity contribution in [1.29, 1.82) is 0 Å². The third-order valence-corrected chi connectivity index (χ3v) is 12.7. The lowest BCUT2D eigenvalue weighted by Gasteiger charge is -2.63. The Hall–Kier alpha value is 0.215. The third kappa shape index (κ3) is 5.09. The molecule has 6 aliphatic carbocycles. The molecule has 0 aromatic heterocycles. The number of rotatable bonds is 3. The fraction of sp³-hybridized carbons (Fsp3) is 1.00. The molecular formula is C22H37BF4P-. The van der Waals surface area contributed by atoms with Gasteiger partial charge in [0.15, 0.2) is 0 Å². The minimum atomic E-state index is -6.00. The highest BCUT2D eigenvalue weighted by molar-refractivity contribution is 7.60. The van der Waals surface area contributed by atoms with Gasteiger partial charge in [0.05, 0.1) is 0 Å². The lowest BCUT2D eigenvalue weighted by molar-refractivity contribution is 0.0344. The topological polar surface area (TPSA) is 0 Å². The molecule has 0 unspecified atom stereocenters. The van der Waals surface area contributed by atoms with Crippen LogP contribution >= 0.6 is 7.92 Å². The molecule has 6 rings (SSSR count). The van der Waals surface area contributed by atoms with E-state index in [4.69, 9.17) is 0 Å². The molecule has 0 heterocycles. The zero-order valence-corrected chi connectivity index (χ0v) is 18.1. The first-order valence-corrected chi connectivity index (χ1v) is 13.5. The maximum absolute atomic E-state index is 9.75. The van der Waals surface area contributed by atoms with E-state index in [9.17, 15) is 17.3 Å². The van der Waals surface area contributed by atoms with Crippen LogP contribution in [0.15, 0.2) is 0 Å². The van der Waals surface area contributed by atoms with Gasteiger partial charge in [0.2, 0.25) is 0 Å². The SMILES string of the molecule is C1CCC(P(C2CCCCC2)C23CC4CC(CC(C4)C2)C3)CC1.F[B-](F)(F)F. The third-order valence-electron chi connectivity index (χ3n) is 8.49. The molecule has 0 aromatic carbocycles. The molecular weight excluding hydrogens is 382 g/mol. The van der Waals surface area contributed by atoms with Crippen molar-refractivity contribution >= 4 is 15.2 Å². The summed E-state index contributed by atoms with van der Waals surface area (Å²) in [5, 5.41) is 0.897. The Morgan fingerprint density at radius 2 is 0.893 bits per heavy atom. The summed E-state index contributed by atoms with van der Waals surface area (Å²) >= 11 is 0. The highest BCUT2D eigenvalue weighted by Crippen LogP contribution is 2.74. The largest absolute Gasteiger partial charge is 0.673 e. The molecule has 0 spiro atoms. The first kappa shape index (κ1) is 21.4. The van der Waals surface area contributed by atoms with Crippen LogP contribution in [-0.2, 0) is 0 Å². The second-order valence-corrected chi connectivity index (χ2v) is 13.9. The Morgan fingerprint density at radius 1 is 0.571 bits per heavy atom. The van der Waals surface area contributed by atoms with Crippen LogP contribution in [0.4, 0.5) is 17.3 Å². The Balaban J connectivity index is 0.000000346. The van der Waals surface area contributed by atoms with Gasteiger partial charge in [-0.25, -0.2) is 0 Å². The maximum Gasteiger partial charge on any atom is 0.673 e. The number of hydrogen-bond acceptors (Lipinski definition) is 0. The van der Waals surface area contributed by atoms with E-state index in [0.717, 1.165) is 5.16 Å². The molecule has 0 saturated heterocycles. The van der Waals surface area contributed by atoms with Crippen molar-refractivity contribution in [3.8, 4) is 0 Å². The van der Waals surface area contributed by atoms with E-state index in [-0.39, 0.29) is 0 Å². The van der Waals surface area contributed by atoms with Crippen LogP contribution in [0, 0.1) is 17.8 Å². The van der Waals surface area contributed by atoms with Crippen molar-refractivity contribution in [3.05, 3.63) is 0 Å². The monoisotopic (exact) mass is 419 g/mol. The highest BCUT2D eigenvalue weighted by atomic mass is 31.1. The van der Waals surface area contributed by atoms with Crippen molar-refractivity contribution in [2.24, 2.45) is 17.8 Å². The standard InChI is InChI=1S/C22H37P.BF4/c1-3-7-20(8-4-1)23(21-9-5-2-6-10-21)22-14-17-11-18(15-22)13-19(12-17)16-22;2-1(3,4)5/h17-21H,1-16H2;/q;-1. The van der Waals surface area contributed by atoms with Gasteiger partial charge in [0.25, 0.3) is 0 Å². The predicted octanol–water partition coefficient (Wildman–Crippen LogP) is 8.40. The lowest BCUT2D eigenvalue weighted by Crippen LogP contribution is -2.52. The average molecular weight is 419 g/mol. The van der Waals surface area contributed by atoms with Crippen molar-refractivity contribution in [3.63, 3.8) is 0 Å². The van der Waals surface area contributed by atoms with Crippen LogP contribution in [-0.4, -0.2) is 23.7 Å². The van der Waals surface area contributed by atoms with Crippen LogP contribution in [0.2, 0.25) is 0 Å². The van der Waals surface area contributed by atoms with E-state index in [1.165, 1.54) is 29.1 Å². The molecule has 0 aliphatic heterocycles. The molecule has 28 heavy (non-hydrogen) atoms. The van der Waals surface area contributed by atoms with Gasteiger partial charge in [-0.15, -0.1) is 0 Å². The minimum Gasteiger partial charge on any atom is -0.418 e. The predicted molar refractivity (Wildman–Crippen MR) is 112 cm³/mol. The van der Waals surface area contributed by atoms with Crippen LogP contribution in [0.3, 0.4) is 0 Å². The highest BCUT2D eigenvalue weighted by Gasteiger charge is 2.56. The van der Waals surface area contributed by atoms with Gasteiger partial charge in [-0.3, -0.25) is 0 Å². The Bertz CT molecular complexity index is 452. The van der Waals surface area contributed by atoms with E-state index in [1.807, 2.05) is 0 Å². The van der Waals surface area contributed by atoms with Gasteiger partial charge in [-0.1, -0.05) is 46.4 Å². The van der Waals surface area contributed by atoms with E-state index in [1.54, 1.807) is 103 Å². The molecule has 6 aliphatic rings. The summed E-state index contributed by atoms with van der Waals surface area (Å²) < 4.78 is 39.0. The van der Waals surface area contributed by atoms with E-state index < -0.39 is 7.25 Å². The Kier molecular flexibility index (Phi) is 6.71. The zero-order valence-electron chi connectivity index (χ0n) is 17.2. The van der Waals surface area contributed by atoms with E-state index in [2.05, 4.69) is 0 Å². The summed E-state index contributed by atoms with van der Waals surface area (Å²) in [4.78, 5) is 0. The summed E-state index contributed by atoms with van der Waals surface area (Å²) in [7, 11) is -5.67. The second kappa shape index (κ2) is 8.76. The molecule has 6 saturated carbocycles. The summed E-state index contributed by atoms with van der Waals surface area (Å²) in [5.74, 6) is 3.50. The molecule has 0 aromatic rings. The van der Waals surface area contributed by atoms with Gasteiger partial charge < -0.3 is 17.3 Å². The Morgan fingerprint density at radius 3 is 1.21 bits per heavy atom. The van der Waals surface area contributed by atoms with Crippen molar-refractivity contribution in [2.45, 2.75) is 119 Å². The number of hydrogen-bond donors (Lipinski definition) is 0. The first-order chi connectivity index (χ1) is 13.3. The minimum absolute atomic E-state index is 0.329. The fourth-order valence-electron chi connectivity index (χ4n) is 8.17. The fourth-order valence-corrected chi connectivity index (χ4v) is 13.6. The van der Waals surface area contributed by atoms with Gasteiger partial charge >= 0.3 is 7.25 Å². The van der Waals surface area contributed by atoms with Gasteiger partial charge in [0.1, 0.15) is 0 Å². The van der Waals surface area contributed by atoms with Gasteiger partial charge in [0, 0.05) is 0 Å². The van der Waals surface area contributed by atoms with Crippen LogP contribution in [0.1, 0.15) is 103 Å². The zero-order chi connectivity index (χ0) is 19.8. The normalized spacial score (nSPS) is 39.1. The van der Waals surface area contributed by atoms with E-state index in [0.29, 0.717) is 7.92 Å². The van der Waals surface area contributed by atoms with Crippen LogP contribution < -0.4 is 0 Å². The molecule has 4 bridgehead atoms. The van der Waals surface area contributed by atoms with Crippen molar-refractivity contribution < 1.29 is 17.3 Å². The van der Waals surface area contributed by atoms with Gasteiger partial charge in [-0.05, 0) is 98.4 Å². The maximum atomic E-state index is 9.75. The molecule has 6 heteroatoms. The summed E-state index contributed by atoms with van der Waals surface area (Å²) in [6.07, 6.45) is 25.9. The van der Waals surface area contributed by atoms with E-state index >= 15 is 0 Å². The van der Waals surface area contributed by atoms with Crippen molar-refractivity contribution in [2.75, 3.05) is 0 Å².